The molecule has 2 aromatic carbocycles. The summed E-state index contributed by atoms with van der Waals surface area (Å²) in [6.45, 7) is 3.35. The lowest BCUT2D eigenvalue weighted by atomic mass is 10.2. The first kappa shape index (κ1) is 14.7. The number of nitrogens with two attached hydrogens (primary N) is 1. The van der Waals surface area contributed by atoms with Crippen LogP contribution in [0.25, 0.3) is 0 Å². The van der Waals surface area contributed by atoms with Gasteiger partial charge in [0, 0.05) is 17.9 Å². The fourth-order valence-electron chi connectivity index (χ4n) is 1.89. The van der Waals surface area contributed by atoms with Crippen molar-refractivity contribution >= 4 is 17.4 Å². The summed E-state index contributed by atoms with van der Waals surface area (Å²) in [6.07, 6.45) is 0. The maximum Gasteiger partial charge on any atom is 0.316 e. The van der Waals surface area contributed by atoms with Gasteiger partial charge in [-0.25, -0.2) is 4.79 Å². The van der Waals surface area contributed by atoms with E-state index in [1.165, 1.54) is 0 Å². The van der Waals surface area contributed by atoms with E-state index in [0.717, 1.165) is 23.5 Å². The number of carbonyl (C=O) groups is 1. The van der Waals surface area contributed by atoms with Gasteiger partial charge in [0.2, 0.25) is 0 Å². The second-order valence-corrected chi connectivity index (χ2v) is 4.50. The lowest BCUT2D eigenvalue weighted by Crippen LogP contribution is -2.19. The molecule has 2 aromatic rings. The van der Waals surface area contributed by atoms with Crippen molar-refractivity contribution in [1.29, 1.82) is 0 Å². The Hall–Kier alpha value is -2.69. The molecule has 110 valence electrons. The van der Waals surface area contributed by atoms with Crippen LogP contribution in [0.3, 0.4) is 0 Å². The van der Waals surface area contributed by atoms with Gasteiger partial charge in [0.25, 0.3) is 0 Å². The molecule has 0 aromatic heterocycles. The van der Waals surface area contributed by atoms with E-state index in [-0.39, 0.29) is 0 Å². The molecule has 0 atom stereocenters. The Bertz CT molecular complexity index is 579. The molecule has 0 aliphatic carbocycles. The van der Waals surface area contributed by atoms with E-state index in [0.29, 0.717) is 12.3 Å². The summed E-state index contributed by atoms with van der Waals surface area (Å²) in [7, 11) is 0. The smallest absolute Gasteiger partial charge is 0.316 e. The fraction of sp³-hybridized carbons (Fsp3) is 0.188. The number of anilines is 2. The monoisotopic (exact) mass is 285 g/mol. The zero-order valence-corrected chi connectivity index (χ0v) is 11.9. The molecule has 0 radical (unpaired) electrons. The third-order valence-corrected chi connectivity index (χ3v) is 2.88. The highest BCUT2D eigenvalue weighted by Crippen LogP contribution is 2.16. The molecular formula is C16H19N3O2. The molecule has 0 fully saturated rings. The van der Waals surface area contributed by atoms with Gasteiger partial charge in [0.15, 0.2) is 0 Å². The van der Waals surface area contributed by atoms with Crippen LogP contribution in [0.1, 0.15) is 12.5 Å². The Morgan fingerprint density at radius 1 is 1.05 bits per heavy atom. The van der Waals surface area contributed by atoms with Gasteiger partial charge in [-0.1, -0.05) is 12.1 Å². The Morgan fingerprint density at radius 3 is 2.24 bits per heavy atom. The van der Waals surface area contributed by atoms with Crippen molar-refractivity contribution in [2.45, 2.75) is 13.5 Å². The largest absolute Gasteiger partial charge is 0.494 e. The minimum absolute atomic E-state index is 0.565. The first-order valence-corrected chi connectivity index (χ1v) is 6.79. The lowest BCUT2D eigenvalue weighted by Gasteiger charge is -2.09. The zero-order valence-electron chi connectivity index (χ0n) is 11.9. The molecule has 0 bridgehead atoms. The second-order valence-electron chi connectivity index (χ2n) is 4.50. The molecule has 0 unspecified atom stereocenters. The van der Waals surface area contributed by atoms with Crippen molar-refractivity contribution in [2.75, 3.05) is 17.2 Å². The predicted molar refractivity (Wildman–Crippen MR) is 84.6 cm³/mol. The average molecular weight is 285 g/mol. The van der Waals surface area contributed by atoms with Crippen molar-refractivity contribution in [1.82, 2.24) is 0 Å². The normalized spacial score (nSPS) is 9.95. The van der Waals surface area contributed by atoms with Crippen LogP contribution in [0.15, 0.2) is 48.5 Å². The molecule has 5 nitrogen and oxygen atoms in total. The first-order valence-electron chi connectivity index (χ1n) is 6.79. The number of nitrogens with one attached hydrogen (secondary N) is 2. The van der Waals surface area contributed by atoms with E-state index in [4.69, 9.17) is 10.5 Å². The summed E-state index contributed by atoms with van der Waals surface area (Å²) in [5, 5.41) is 5.83. The summed E-state index contributed by atoms with van der Waals surface area (Å²) in [6, 6.07) is 14.8. The molecule has 0 aliphatic rings. The Labute approximate surface area is 124 Å². The average Bonchev–Trinajstić information content (AvgIpc) is 2.48. The number of rotatable bonds is 6. The third kappa shape index (κ3) is 4.72. The van der Waals surface area contributed by atoms with Gasteiger partial charge in [-0.05, 0) is 48.9 Å². The molecule has 5 heteroatoms. The van der Waals surface area contributed by atoms with Gasteiger partial charge in [-0.2, -0.15) is 0 Å². The van der Waals surface area contributed by atoms with Gasteiger partial charge in [0.1, 0.15) is 5.75 Å². The lowest BCUT2D eigenvalue weighted by molar-refractivity contribution is 0.259. The highest BCUT2D eigenvalue weighted by Gasteiger charge is 1.98. The fourth-order valence-corrected chi connectivity index (χ4v) is 1.89. The molecule has 0 spiro atoms. The number of ether oxygens (including phenoxy) is 1. The van der Waals surface area contributed by atoms with E-state index < -0.39 is 6.03 Å². The SMILES string of the molecule is CCOc1ccc(CNc2ccc(NC(N)=O)cc2)cc1. The minimum Gasteiger partial charge on any atom is -0.494 e. The summed E-state index contributed by atoms with van der Waals surface area (Å²) >= 11 is 0. The van der Waals surface area contributed by atoms with E-state index >= 15 is 0 Å². The van der Waals surface area contributed by atoms with Crippen molar-refractivity contribution in [3.8, 4) is 5.75 Å². The maximum atomic E-state index is 10.7. The molecule has 0 saturated heterocycles. The van der Waals surface area contributed by atoms with Gasteiger partial charge in [-0.3, -0.25) is 0 Å². The number of urea groups is 1. The van der Waals surface area contributed by atoms with Gasteiger partial charge >= 0.3 is 6.03 Å². The van der Waals surface area contributed by atoms with E-state index in [1.54, 1.807) is 12.1 Å². The highest BCUT2D eigenvalue weighted by molar-refractivity contribution is 5.87. The number of hydrogen-bond donors (Lipinski definition) is 3. The van der Waals surface area contributed by atoms with Crippen molar-refractivity contribution in [2.24, 2.45) is 5.73 Å². The van der Waals surface area contributed by atoms with Crippen molar-refractivity contribution < 1.29 is 9.53 Å². The van der Waals surface area contributed by atoms with Crippen LogP contribution in [0, 0.1) is 0 Å². The quantitative estimate of drug-likeness (QED) is 0.763. The van der Waals surface area contributed by atoms with Crippen molar-refractivity contribution in [3.05, 3.63) is 54.1 Å². The number of carbonyl (C=O) groups excluding carboxylic acids is 1. The van der Waals surface area contributed by atoms with Crippen LogP contribution in [0.4, 0.5) is 16.2 Å². The number of benzene rings is 2. The molecule has 0 heterocycles. The molecule has 2 amide bonds. The highest BCUT2D eigenvalue weighted by atomic mass is 16.5. The summed E-state index contributed by atoms with van der Waals surface area (Å²) in [4.78, 5) is 10.7. The summed E-state index contributed by atoms with van der Waals surface area (Å²) < 4.78 is 5.40. The minimum atomic E-state index is -0.565. The van der Waals surface area contributed by atoms with Crippen LogP contribution in [-0.2, 0) is 6.54 Å². The number of hydrogen-bond acceptors (Lipinski definition) is 3. The molecule has 0 aliphatic heterocycles. The van der Waals surface area contributed by atoms with Crippen molar-refractivity contribution in [3.63, 3.8) is 0 Å². The summed E-state index contributed by atoms with van der Waals surface area (Å²) in [5.74, 6) is 0.878. The van der Waals surface area contributed by atoms with Gasteiger partial charge < -0.3 is 21.1 Å². The summed E-state index contributed by atoms with van der Waals surface area (Å²) in [5.41, 5.74) is 7.87. The van der Waals surface area contributed by atoms with E-state index in [9.17, 15) is 4.79 Å². The molecule has 21 heavy (non-hydrogen) atoms. The molecule has 4 N–H and O–H groups in total. The van der Waals surface area contributed by atoms with Crippen LogP contribution < -0.4 is 21.1 Å². The Morgan fingerprint density at radius 2 is 1.67 bits per heavy atom. The second kappa shape index (κ2) is 7.19. The maximum absolute atomic E-state index is 10.7. The van der Waals surface area contributed by atoms with Crippen LogP contribution in [0.2, 0.25) is 0 Å². The molecule has 2 rings (SSSR count). The van der Waals surface area contributed by atoms with E-state index in [1.807, 2.05) is 43.3 Å². The zero-order chi connectivity index (χ0) is 15.1. The third-order valence-electron chi connectivity index (χ3n) is 2.88. The Balaban J connectivity index is 1.88. The first-order chi connectivity index (χ1) is 10.2. The van der Waals surface area contributed by atoms with E-state index in [2.05, 4.69) is 10.6 Å². The van der Waals surface area contributed by atoms with Crippen LogP contribution >= 0.6 is 0 Å². The number of amides is 2. The van der Waals surface area contributed by atoms with Gasteiger partial charge in [0.05, 0.1) is 6.61 Å². The molecule has 0 saturated carbocycles. The van der Waals surface area contributed by atoms with Gasteiger partial charge in [-0.15, -0.1) is 0 Å². The Kier molecular flexibility index (Phi) is 5.04. The number of primary amides is 1. The predicted octanol–water partition coefficient (Wildman–Crippen LogP) is 3.19. The van der Waals surface area contributed by atoms with Crippen LogP contribution in [-0.4, -0.2) is 12.6 Å². The standard InChI is InChI=1S/C16H19N3O2/c1-2-21-15-9-3-12(4-10-15)11-18-13-5-7-14(8-6-13)19-16(17)20/h3-10,18H,2,11H2,1H3,(H3,17,19,20). The molecular weight excluding hydrogens is 266 g/mol. The van der Waals surface area contributed by atoms with Crippen LogP contribution in [0.5, 0.6) is 5.75 Å². The topological polar surface area (TPSA) is 76.4 Å².